The summed E-state index contributed by atoms with van der Waals surface area (Å²) in [4.78, 5) is 24.9. The predicted molar refractivity (Wildman–Crippen MR) is 105 cm³/mol. The lowest BCUT2D eigenvalue weighted by atomic mass is 9.88. The van der Waals surface area contributed by atoms with Crippen molar-refractivity contribution >= 4 is 14.4 Å². The summed E-state index contributed by atoms with van der Waals surface area (Å²) in [6, 6.07) is 9.70. The molecule has 1 fully saturated rings. The molecule has 2 rings (SSSR count). The first-order valence-electron chi connectivity index (χ1n) is 9.33. The molecule has 1 aromatic carbocycles. The number of likely N-dealkylation sites (tertiary alicyclic amines) is 1. The maximum Gasteiger partial charge on any atom is 0.410 e. The molecular formula is C20H33NO4Si. The number of hydrogen-bond acceptors (Lipinski definition) is 4. The highest BCUT2D eigenvalue weighted by Crippen LogP contribution is 2.43. The zero-order chi connectivity index (χ0) is 19.4. The molecule has 0 spiro atoms. The molecule has 0 saturated carbocycles. The maximum absolute atomic E-state index is 12.5. The number of amides is 1. The summed E-state index contributed by atoms with van der Waals surface area (Å²) < 4.78 is 11.1. The number of ether oxygens (including phenoxy) is 2. The van der Waals surface area contributed by atoms with Crippen LogP contribution in [0.2, 0.25) is 18.1 Å². The zero-order valence-electron chi connectivity index (χ0n) is 16.7. The molecule has 1 aliphatic rings. The molecule has 0 radical (unpaired) electrons. The van der Waals surface area contributed by atoms with Crippen molar-refractivity contribution < 1.29 is 19.1 Å². The fraction of sp³-hybridized carbons (Fsp3) is 0.650. The highest BCUT2D eigenvalue weighted by Gasteiger charge is 2.42. The van der Waals surface area contributed by atoms with E-state index < -0.39 is 8.32 Å². The monoisotopic (exact) mass is 379 g/mol. The Bertz CT molecular complexity index is 585. The van der Waals surface area contributed by atoms with Crippen LogP contribution in [0.3, 0.4) is 0 Å². The Kier molecular flexibility index (Phi) is 6.88. The van der Waals surface area contributed by atoms with Gasteiger partial charge in [-0.1, -0.05) is 44.2 Å². The van der Waals surface area contributed by atoms with Crippen molar-refractivity contribution in [2.24, 2.45) is 5.92 Å². The van der Waals surface area contributed by atoms with E-state index in [0.717, 1.165) is 18.4 Å². The normalized spacial score (nSPS) is 21.5. The summed E-state index contributed by atoms with van der Waals surface area (Å²) >= 11 is 0. The summed E-state index contributed by atoms with van der Waals surface area (Å²) in [5.74, 6) is 0.298. The van der Waals surface area contributed by atoms with Crippen molar-refractivity contribution in [1.29, 1.82) is 0 Å². The van der Waals surface area contributed by atoms with Crippen LogP contribution in [-0.2, 0) is 16.1 Å². The van der Waals surface area contributed by atoms with Crippen LogP contribution in [0, 0.1) is 5.92 Å². The minimum Gasteiger partial charge on any atom is -0.445 e. The topological polar surface area (TPSA) is 59.0 Å². The highest BCUT2D eigenvalue weighted by atomic mass is 28.4. The van der Waals surface area contributed by atoms with Crippen molar-refractivity contribution in [3.05, 3.63) is 35.9 Å². The van der Waals surface area contributed by atoms with Crippen molar-refractivity contribution in [2.75, 3.05) is 20.2 Å². The molecule has 1 heterocycles. The third kappa shape index (κ3) is 5.56. The number of nitrogens with zero attached hydrogens (tertiary/aromatic N) is 1. The molecule has 146 valence electrons. The van der Waals surface area contributed by atoms with Gasteiger partial charge in [-0.2, -0.15) is 0 Å². The van der Waals surface area contributed by atoms with Crippen molar-refractivity contribution in [2.45, 2.75) is 57.5 Å². The van der Waals surface area contributed by atoms with E-state index in [4.69, 9.17) is 9.47 Å². The summed E-state index contributed by atoms with van der Waals surface area (Å²) in [6.07, 6.45) is 1.51. The van der Waals surface area contributed by atoms with Crippen LogP contribution in [0.15, 0.2) is 30.3 Å². The molecule has 6 heteroatoms. The first kappa shape index (κ1) is 20.9. The highest BCUT2D eigenvalue weighted by molar-refractivity contribution is 6.72. The van der Waals surface area contributed by atoms with Crippen LogP contribution in [0.1, 0.15) is 32.3 Å². The van der Waals surface area contributed by atoms with Gasteiger partial charge in [0.2, 0.25) is 0 Å². The number of methoxy groups -OCH3 is 1. The van der Waals surface area contributed by atoms with E-state index in [1.807, 2.05) is 43.4 Å². The quantitative estimate of drug-likeness (QED) is 0.758. The second-order valence-electron chi connectivity index (χ2n) is 8.55. The van der Waals surface area contributed by atoms with Crippen LogP contribution in [-0.4, -0.2) is 50.4 Å². The van der Waals surface area contributed by atoms with Crippen molar-refractivity contribution in [3.63, 3.8) is 0 Å². The first-order chi connectivity index (χ1) is 12.1. The van der Waals surface area contributed by atoms with Crippen molar-refractivity contribution in [1.82, 2.24) is 4.90 Å². The van der Waals surface area contributed by atoms with Gasteiger partial charge in [0.05, 0.1) is 12.6 Å². The fourth-order valence-corrected chi connectivity index (χ4v) is 4.19. The van der Waals surface area contributed by atoms with Gasteiger partial charge in [0.15, 0.2) is 8.32 Å². The van der Waals surface area contributed by atoms with Gasteiger partial charge in [-0.3, -0.25) is 0 Å². The van der Waals surface area contributed by atoms with E-state index in [1.165, 1.54) is 0 Å². The molecule has 1 aromatic rings. The Morgan fingerprint density at radius 2 is 1.92 bits per heavy atom. The molecule has 0 aromatic heterocycles. The van der Waals surface area contributed by atoms with Gasteiger partial charge in [0.25, 0.3) is 0 Å². The molecule has 1 aliphatic heterocycles. The minimum absolute atomic E-state index is 0.0114. The Morgan fingerprint density at radius 1 is 1.27 bits per heavy atom. The smallest absolute Gasteiger partial charge is 0.410 e. The molecule has 5 nitrogen and oxygen atoms in total. The molecule has 1 N–H and O–H groups in total. The number of benzene rings is 1. The summed E-state index contributed by atoms with van der Waals surface area (Å²) in [7, 11) is -0.594. The average molecular weight is 380 g/mol. The van der Waals surface area contributed by atoms with Gasteiger partial charge in [-0.15, -0.1) is 0 Å². The lowest BCUT2D eigenvalue weighted by Gasteiger charge is -2.42. The van der Waals surface area contributed by atoms with Gasteiger partial charge in [-0.05, 0) is 42.5 Å². The Balaban J connectivity index is 1.98. The second-order valence-corrected chi connectivity index (χ2v) is 13.0. The standard InChI is InChI=1S/C20H33NO4Si/c1-20(2,26(4,5)23)12-17-11-18(24-3)14-21(13-17)19(22)25-15-16-9-7-6-8-10-16/h6-10,17-18,23H,11-15H2,1-5H3/t17-,18+/m0/s1. The van der Waals surface area contributed by atoms with Crippen LogP contribution in [0.4, 0.5) is 4.79 Å². The van der Waals surface area contributed by atoms with Gasteiger partial charge < -0.3 is 19.2 Å². The Morgan fingerprint density at radius 3 is 2.50 bits per heavy atom. The Hall–Kier alpha value is -1.37. The largest absolute Gasteiger partial charge is 0.445 e. The lowest BCUT2D eigenvalue weighted by molar-refractivity contribution is -0.00122. The fourth-order valence-electron chi connectivity index (χ4n) is 3.40. The minimum atomic E-state index is -2.29. The third-order valence-corrected chi connectivity index (χ3v) is 9.27. The number of piperidine rings is 1. The van der Waals surface area contributed by atoms with E-state index in [1.54, 1.807) is 12.0 Å². The number of rotatable bonds is 6. The second kappa shape index (κ2) is 8.54. The van der Waals surface area contributed by atoms with E-state index in [2.05, 4.69) is 13.8 Å². The predicted octanol–water partition coefficient (Wildman–Crippen LogP) is 4.03. The zero-order valence-corrected chi connectivity index (χ0v) is 17.7. The molecule has 2 atom stereocenters. The van der Waals surface area contributed by atoms with Crippen LogP contribution in [0.25, 0.3) is 0 Å². The van der Waals surface area contributed by atoms with Crippen LogP contribution < -0.4 is 0 Å². The van der Waals surface area contributed by atoms with Crippen LogP contribution >= 0.6 is 0 Å². The maximum atomic E-state index is 12.5. The van der Waals surface area contributed by atoms with E-state index in [0.29, 0.717) is 19.0 Å². The van der Waals surface area contributed by atoms with Gasteiger partial charge in [0, 0.05) is 13.7 Å². The van der Waals surface area contributed by atoms with E-state index >= 15 is 0 Å². The summed E-state index contributed by atoms with van der Waals surface area (Å²) in [5, 5.41) is -0.118. The molecule has 1 amide bonds. The number of carbonyl (C=O) groups is 1. The molecule has 0 unspecified atom stereocenters. The third-order valence-electron chi connectivity index (χ3n) is 5.75. The van der Waals surface area contributed by atoms with E-state index in [-0.39, 0.29) is 23.8 Å². The SMILES string of the molecule is CO[C@@H]1C[C@@H](CC(C)(C)[Si](C)(C)O)CN(C(=O)OCc2ccccc2)C1. The Labute approximate surface area is 158 Å². The van der Waals surface area contributed by atoms with Crippen LogP contribution in [0.5, 0.6) is 0 Å². The van der Waals surface area contributed by atoms with Crippen molar-refractivity contribution in [3.8, 4) is 0 Å². The molecule has 0 aliphatic carbocycles. The number of carbonyl (C=O) groups excluding carboxylic acids is 1. The molecule has 0 bridgehead atoms. The van der Waals surface area contributed by atoms with Gasteiger partial charge >= 0.3 is 6.09 Å². The average Bonchev–Trinajstić information content (AvgIpc) is 2.58. The molecule has 1 saturated heterocycles. The molecule has 26 heavy (non-hydrogen) atoms. The van der Waals surface area contributed by atoms with Gasteiger partial charge in [-0.25, -0.2) is 4.79 Å². The first-order valence-corrected chi connectivity index (χ1v) is 12.3. The number of hydrogen-bond donors (Lipinski definition) is 1. The molecular weight excluding hydrogens is 346 g/mol. The summed E-state index contributed by atoms with van der Waals surface area (Å²) in [6.45, 7) is 9.72. The summed E-state index contributed by atoms with van der Waals surface area (Å²) in [5.41, 5.74) is 0.979. The van der Waals surface area contributed by atoms with Gasteiger partial charge in [0.1, 0.15) is 6.61 Å². The van der Waals surface area contributed by atoms with E-state index in [9.17, 15) is 9.59 Å². The lowest BCUT2D eigenvalue weighted by Crippen LogP contribution is -2.49.